The molecule has 7 heteroatoms. The van der Waals surface area contributed by atoms with Crippen LogP contribution < -0.4 is 4.74 Å². The molecule has 2 aliphatic rings. The Labute approximate surface area is 150 Å². The van der Waals surface area contributed by atoms with Crippen molar-refractivity contribution in [1.82, 2.24) is 9.80 Å². The molecule has 0 aliphatic carbocycles. The Bertz CT molecular complexity index is 671. The van der Waals surface area contributed by atoms with Crippen LogP contribution in [0.25, 0.3) is 0 Å². The second-order valence-electron chi connectivity index (χ2n) is 7.06. The Kier molecular flexibility index (Phi) is 5.99. The zero-order valence-electron chi connectivity index (χ0n) is 14.8. The number of aliphatic hydroxyl groups is 1. The fraction of sp³-hybridized carbons (Fsp3) is 0.667. The normalized spacial score (nSPS) is 27.4. The molecule has 6 nitrogen and oxygen atoms in total. The van der Waals surface area contributed by atoms with Crippen LogP contribution in [0.5, 0.6) is 5.75 Å². The first-order chi connectivity index (χ1) is 11.9. The number of ether oxygens (including phenoxy) is 1. The molecule has 2 atom stereocenters. The number of nitrogens with zero attached hydrogens (tertiary/aromatic N) is 2. The number of para-hydroxylation sites is 1. The first-order valence-electron chi connectivity index (χ1n) is 8.98. The fourth-order valence-corrected chi connectivity index (χ4v) is 5.50. The van der Waals surface area contributed by atoms with Crippen LogP contribution >= 0.6 is 0 Å². The second kappa shape index (κ2) is 8.03. The summed E-state index contributed by atoms with van der Waals surface area (Å²) in [4.78, 5) is 4.52. The molecule has 2 saturated heterocycles. The predicted octanol–water partition coefficient (Wildman–Crippen LogP) is 0.539. The lowest BCUT2D eigenvalue weighted by Gasteiger charge is -2.38. The molecule has 140 valence electrons. The number of rotatable bonds is 6. The predicted molar refractivity (Wildman–Crippen MR) is 97.8 cm³/mol. The summed E-state index contributed by atoms with van der Waals surface area (Å²) in [6.45, 7) is 7.18. The lowest BCUT2D eigenvalue weighted by Crippen LogP contribution is -2.53. The lowest BCUT2D eigenvalue weighted by atomic mass is 10.1. The van der Waals surface area contributed by atoms with Crippen LogP contribution in [0.3, 0.4) is 0 Å². The highest BCUT2D eigenvalue weighted by Crippen LogP contribution is 2.20. The first kappa shape index (κ1) is 18.6. The van der Waals surface area contributed by atoms with Gasteiger partial charge in [-0.15, -0.1) is 0 Å². The van der Waals surface area contributed by atoms with E-state index >= 15 is 0 Å². The number of aryl methyl sites for hydroxylation is 1. The van der Waals surface area contributed by atoms with E-state index < -0.39 is 15.9 Å². The van der Waals surface area contributed by atoms with Crippen molar-refractivity contribution in [2.24, 2.45) is 0 Å². The molecule has 0 bridgehead atoms. The number of benzene rings is 1. The highest BCUT2D eigenvalue weighted by molar-refractivity contribution is 7.91. The summed E-state index contributed by atoms with van der Waals surface area (Å²) in [6.07, 6.45) is 0.230. The summed E-state index contributed by atoms with van der Waals surface area (Å²) in [5, 5.41) is 10.00. The van der Waals surface area contributed by atoms with Gasteiger partial charge >= 0.3 is 0 Å². The number of hydrogen-bond donors (Lipinski definition) is 1. The van der Waals surface area contributed by atoms with Crippen molar-refractivity contribution < 1.29 is 18.3 Å². The number of hydrogen-bond acceptors (Lipinski definition) is 6. The SMILES string of the molecule is Cc1ccccc1OCCCN1CCN(C2CS(=O)(=O)CC2O)CC1. The minimum atomic E-state index is -3.08. The zero-order chi connectivity index (χ0) is 17.9. The molecule has 1 N–H and O–H groups in total. The van der Waals surface area contributed by atoms with Gasteiger partial charge in [-0.05, 0) is 25.0 Å². The van der Waals surface area contributed by atoms with E-state index in [1.165, 1.54) is 0 Å². The smallest absolute Gasteiger partial charge is 0.154 e. The summed E-state index contributed by atoms with van der Waals surface area (Å²) < 4.78 is 29.2. The van der Waals surface area contributed by atoms with E-state index in [9.17, 15) is 13.5 Å². The molecule has 2 unspecified atom stereocenters. The van der Waals surface area contributed by atoms with Crippen LogP contribution in [0.15, 0.2) is 24.3 Å². The van der Waals surface area contributed by atoms with E-state index in [4.69, 9.17) is 4.74 Å². The van der Waals surface area contributed by atoms with Crippen LogP contribution in [0.2, 0.25) is 0 Å². The van der Waals surface area contributed by atoms with Gasteiger partial charge in [-0.1, -0.05) is 18.2 Å². The van der Waals surface area contributed by atoms with Crippen molar-refractivity contribution in [2.75, 3.05) is 50.8 Å². The largest absolute Gasteiger partial charge is 0.493 e. The van der Waals surface area contributed by atoms with E-state index in [-0.39, 0.29) is 17.5 Å². The molecule has 3 rings (SSSR count). The van der Waals surface area contributed by atoms with Crippen molar-refractivity contribution in [3.8, 4) is 5.75 Å². The van der Waals surface area contributed by atoms with Crippen molar-refractivity contribution in [3.05, 3.63) is 29.8 Å². The molecule has 0 radical (unpaired) electrons. The first-order valence-corrected chi connectivity index (χ1v) is 10.8. The van der Waals surface area contributed by atoms with Crippen molar-refractivity contribution in [2.45, 2.75) is 25.5 Å². The second-order valence-corrected chi connectivity index (χ2v) is 9.21. The fourth-order valence-electron chi connectivity index (χ4n) is 3.67. The molecule has 2 fully saturated rings. The van der Waals surface area contributed by atoms with Crippen molar-refractivity contribution in [3.63, 3.8) is 0 Å². The van der Waals surface area contributed by atoms with Crippen LogP contribution in [0.1, 0.15) is 12.0 Å². The summed E-state index contributed by atoms with van der Waals surface area (Å²) in [5.74, 6) is 0.954. The number of sulfone groups is 1. The van der Waals surface area contributed by atoms with Gasteiger partial charge in [0.15, 0.2) is 9.84 Å². The molecule has 1 aromatic carbocycles. The van der Waals surface area contributed by atoms with Gasteiger partial charge in [0, 0.05) is 32.7 Å². The van der Waals surface area contributed by atoms with Gasteiger partial charge in [-0.2, -0.15) is 0 Å². The third kappa shape index (κ3) is 4.94. The summed E-state index contributed by atoms with van der Waals surface area (Å²) in [7, 11) is -3.08. The molecular weight excluding hydrogens is 340 g/mol. The monoisotopic (exact) mass is 368 g/mol. The zero-order valence-corrected chi connectivity index (χ0v) is 15.6. The van der Waals surface area contributed by atoms with Gasteiger partial charge in [0.05, 0.1) is 30.3 Å². The van der Waals surface area contributed by atoms with Crippen LogP contribution in [0, 0.1) is 6.92 Å². The molecule has 1 aromatic rings. The summed E-state index contributed by atoms with van der Waals surface area (Å²) >= 11 is 0. The van der Waals surface area contributed by atoms with Gasteiger partial charge < -0.3 is 14.7 Å². The molecule has 25 heavy (non-hydrogen) atoms. The van der Waals surface area contributed by atoms with E-state index in [0.29, 0.717) is 6.61 Å². The topological polar surface area (TPSA) is 70.1 Å². The lowest BCUT2D eigenvalue weighted by molar-refractivity contribution is 0.0433. The number of aliphatic hydroxyl groups excluding tert-OH is 1. The molecular formula is C18H28N2O4S. The molecule has 0 saturated carbocycles. The van der Waals surface area contributed by atoms with Gasteiger partial charge in [0.2, 0.25) is 0 Å². The third-order valence-corrected chi connectivity index (χ3v) is 6.84. The maximum Gasteiger partial charge on any atom is 0.154 e. The quantitative estimate of drug-likeness (QED) is 0.739. The van der Waals surface area contributed by atoms with Crippen molar-refractivity contribution >= 4 is 9.84 Å². The van der Waals surface area contributed by atoms with E-state index in [0.717, 1.165) is 50.5 Å². The van der Waals surface area contributed by atoms with Gasteiger partial charge in [-0.25, -0.2) is 8.42 Å². The van der Waals surface area contributed by atoms with Gasteiger partial charge in [0.1, 0.15) is 5.75 Å². The van der Waals surface area contributed by atoms with E-state index in [2.05, 4.69) is 9.80 Å². The molecule has 0 spiro atoms. The summed E-state index contributed by atoms with van der Waals surface area (Å²) in [6, 6.07) is 7.81. The molecule has 0 aromatic heterocycles. The van der Waals surface area contributed by atoms with E-state index in [1.54, 1.807) is 0 Å². The minimum Gasteiger partial charge on any atom is -0.493 e. The Morgan fingerprint density at radius 3 is 2.52 bits per heavy atom. The van der Waals surface area contributed by atoms with Crippen LogP contribution in [-0.2, 0) is 9.84 Å². The maximum atomic E-state index is 11.7. The Hall–Kier alpha value is -1.15. The molecule has 2 aliphatic heterocycles. The Balaban J connectivity index is 1.36. The summed E-state index contributed by atoms with van der Waals surface area (Å²) in [5.41, 5.74) is 1.15. The van der Waals surface area contributed by atoms with Gasteiger partial charge in [0.25, 0.3) is 0 Å². The average Bonchev–Trinajstić information content (AvgIpc) is 2.86. The Morgan fingerprint density at radius 1 is 1.16 bits per heavy atom. The van der Waals surface area contributed by atoms with Crippen LogP contribution in [-0.4, -0.2) is 86.3 Å². The van der Waals surface area contributed by atoms with Crippen LogP contribution in [0.4, 0.5) is 0 Å². The Morgan fingerprint density at radius 2 is 1.88 bits per heavy atom. The highest BCUT2D eigenvalue weighted by Gasteiger charge is 2.40. The van der Waals surface area contributed by atoms with E-state index in [1.807, 2.05) is 31.2 Å². The standard InChI is InChI=1S/C18H28N2O4S/c1-15-5-2-3-6-18(15)24-12-4-7-19-8-10-20(11-9-19)16-13-25(22,23)14-17(16)21/h2-3,5-6,16-17,21H,4,7-14H2,1H3. The number of piperazine rings is 1. The molecule has 2 heterocycles. The molecule has 0 amide bonds. The minimum absolute atomic E-state index is 0.0892. The average molecular weight is 368 g/mol. The third-order valence-electron chi connectivity index (χ3n) is 5.14. The maximum absolute atomic E-state index is 11.7. The highest BCUT2D eigenvalue weighted by atomic mass is 32.2. The van der Waals surface area contributed by atoms with Gasteiger partial charge in [-0.3, -0.25) is 4.90 Å². The van der Waals surface area contributed by atoms with Crippen molar-refractivity contribution in [1.29, 1.82) is 0 Å².